The van der Waals surface area contributed by atoms with E-state index in [0.717, 1.165) is 25.9 Å². The van der Waals surface area contributed by atoms with Gasteiger partial charge in [0.1, 0.15) is 11.6 Å². The molecule has 3 aromatic carbocycles. The van der Waals surface area contributed by atoms with Crippen molar-refractivity contribution in [2.75, 3.05) is 5.32 Å². The van der Waals surface area contributed by atoms with Crippen molar-refractivity contribution in [2.24, 2.45) is 0 Å². The summed E-state index contributed by atoms with van der Waals surface area (Å²) in [4.78, 5) is 18.0. The molecule has 0 spiro atoms. The lowest BCUT2D eigenvalue weighted by Crippen LogP contribution is -2.07. The summed E-state index contributed by atoms with van der Waals surface area (Å²) < 4.78 is 15.3. The van der Waals surface area contributed by atoms with E-state index >= 15 is 0 Å². The Hall–Kier alpha value is -3.31. The summed E-state index contributed by atoms with van der Waals surface area (Å²) in [5.41, 5.74) is 1.70. The maximum atomic E-state index is 13.8. The Morgan fingerprint density at radius 2 is 1.71 bits per heavy atom. The quantitative estimate of drug-likeness (QED) is 0.319. The number of fused-ring (bicyclic) bond motifs is 4. The zero-order valence-corrected chi connectivity index (χ0v) is 15.6. The first-order valence-electron chi connectivity index (χ1n) is 8.93. The number of pyridine rings is 1. The molecular formula is C23H15FN2OS. The van der Waals surface area contributed by atoms with Crippen LogP contribution in [0.15, 0.2) is 77.6 Å². The number of rotatable bonds is 3. The number of nitrogens with one attached hydrogen (secondary N) is 1. The van der Waals surface area contributed by atoms with Gasteiger partial charge in [0.05, 0.1) is 15.6 Å². The van der Waals surface area contributed by atoms with Crippen molar-refractivity contribution in [2.45, 2.75) is 6.54 Å². The molecule has 0 aliphatic heterocycles. The van der Waals surface area contributed by atoms with Crippen LogP contribution in [0.1, 0.15) is 5.56 Å². The van der Waals surface area contributed by atoms with Crippen molar-refractivity contribution >= 4 is 48.2 Å². The highest BCUT2D eigenvalue weighted by molar-refractivity contribution is 7.25. The molecule has 5 rings (SSSR count). The third-order valence-electron chi connectivity index (χ3n) is 4.78. The predicted octanol–water partition coefficient (Wildman–Crippen LogP) is 5.71. The van der Waals surface area contributed by atoms with Crippen LogP contribution in [-0.4, -0.2) is 4.98 Å². The Balaban J connectivity index is 1.80. The fourth-order valence-electron chi connectivity index (χ4n) is 3.43. The highest BCUT2D eigenvalue weighted by Gasteiger charge is 2.15. The van der Waals surface area contributed by atoms with Crippen LogP contribution in [0.3, 0.4) is 0 Å². The van der Waals surface area contributed by atoms with Gasteiger partial charge < -0.3 is 5.32 Å². The number of halogens is 1. The highest BCUT2D eigenvalue weighted by atomic mass is 32.1. The average molecular weight is 386 g/mol. The van der Waals surface area contributed by atoms with E-state index in [0.29, 0.717) is 23.1 Å². The van der Waals surface area contributed by atoms with Gasteiger partial charge in [0.15, 0.2) is 5.43 Å². The Morgan fingerprint density at radius 1 is 0.929 bits per heavy atom. The van der Waals surface area contributed by atoms with Crippen LogP contribution >= 0.6 is 11.3 Å². The predicted molar refractivity (Wildman–Crippen MR) is 115 cm³/mol. The molecule has 0 saturated carbocycles. The smallest absolute Gasteiger partial charge is 0.196 e. The number of anilines is 1. The van der Waals surface area contributed by atoms with Crippen molar-refractivity contribution < 1.29 is 4.39 Å². The van der Waals surface area contributed by atoms with Crippen LogP contribution < -0.4 is 10.7 Å². The molecule has 0 unspecified atom stereocenters. The molecule has 0 atom stereocenters. The molecule has 28 heavy (non-hydrogen) atoms. The lowest BCUT2D eigenvalue weighted by molar-refractivity contribution is 0.630. The zero-order valence-electron chi connectivity index (χ0n) is 14.8. The first-order valence-corrected chi connectivity index (χ1v) is 9.75. The molecule has 2 heterocycles. The second kappa shape index (κ2) is 6.69. The summed E-state index contributed by atoms with van der Waals surface area (Å²) in [6.07, 6.45) is 0. The van der Waals surface area contributed by atoms with Crippen LogP contribution in [-0.2, 0) is 6.54 Å². The minimum Gasteiger partial charge on any atom is -0.365 e. The van der Waals surface area contributed by atoms with E-state index in [1.807, 2.05) is 54.6 Å². The van der Waals surface area contributed by atoms with Gasteiger partial charge in [-0.05, 0) is 29.8 Å². The summed E-state index contributed by atoms with van der Waals surface area (Å²) in [5.74, 6) is 0.266. The standard InChI is InChI=1S/C23H15FN2OS/c24-15-10-11-19-17(12-15)21(27)20-16-8-4-5-9-18(16)26-23(22(20)28-19)25-13-14-6-2-1-3-7-14/h1-12H,13H2,(H,25,26). The topological polar surface area (TPSA) is 42.0 Å². The van der Waals surface area contributed by atoms with Crippen molar-refractivity contribution in [1.82, 2.24) is 4.98 Å². The fourth-order valence-corrected chi connectivity index (χ4v) is 4.57. The molecule has 5 aromatic rings. The van der Waals surface area contributed by atoms with Crippen molar-refractivity contribution in [3.63, 3.8) is 0 Å². The number of aromatic nitrogens is 1. The lowest BCUT2D eigenvalue weighted by Gasteiger charge is -2.12. The van der Waals surface area contributed by atoms with Gasteiger partial charge in [0.25, 0.3) is 0 Å². The van der Waals surface area contributed by atoms with E-state index in [2.05, 4.69) is 5.32 Å². The normalized spacial score (nSPS) is 11.3. The molecule has 0 amide bonds. The lowest BCUT2D eigenvalue weighted by atomic mass is 10.1. The number of hydrogen-bond donors (Lipinski definition) is 1. The van der Waals surface area contributed by atoms with Crippen LogP contribution in [0.4, 0.5) is 10.2 Å². The molecular weight excluding hydrogens is 371 g/mol. The molecule has 0 saturated heterocycles. The van der Waals surface area contributed by atoms with Gasteiger partial charge in [0, 0.05) is 22.0 Å². The summed E-state index contributed by atoms with van der Waals surface area (Å²) in [6.45, 7) is 0.601. The Morgan fingerprint density at radius 3 is 2.57 bits per heavy atom. The van der Waals surface area contributed by atoms with E-state index in [9.17, 15) is 9.18 Å². The maximum absolute atomic E-state index is 13.8. The van der Waals surface area contributed by atoms with Gasteiger partial charge >= 0.3 is 0 Å². The van der Waals surface area contributed by atoms with E-state index in [1.54, 1.807) is 6.07 Å². The monoisotopic (exact) mass is 386 g/mol. The van der Waals surface area contributed by atoms with Crippen LogP contribution in [0.5, 0.6) is 0 Å². The molecule has 136 valence electrons. The second-order valence-corrected chi connectivity index (χ2v) is 7.64. The molecule has 2 aromatic heterocycles. The van der Waals surface area contributed by atoms with Gasteiger partial charge in [-0.25, -0.2) is 9.37 Å². The third kappa shape index (κ3) is 2.80. The molecule has 5 heteroatoms. The SMILES string of the molecule is O=c1c2cc(F)ccc2sc2c(NCc3ccccc3)nc3ccccc3c12. The summed E-state index contributed by atoms with van der Waals surface area (Å²) >= 11 is 1.46. The van der Waals surface area contributed by atoms with Gasteiger partial charge in [-0.1, -0.05) is 48.5 Å². The molecule has 0 aliphatic carbocycles. The fraction of sp³-hybridized carbons (Fsp3) is 0.0435. The number of benzene rings is 3. The summed E-state index contributed by atoms with van der Waals surface area (Å²) in [6, 6.07) is 22.0. The maximum Gasteiger partial charge on any atom is 0.196 e. The summed E-state index contributed by atoms with van der Waals surface area (Å²) in [7, 11) is 0. The van der Waals surface area contributed by atoms with E-state index < -0.39 is 5.82 Å². The minimum atomic E-state index is -0.406. The van der Waals surface area contributed by atoms with Crippen molar-refractivity contribution in [3.05, 3.63) is 94.4 Å². The molecule has 3 nitrogen and oxygen atoms in total. The number of nitrogens with zero attached hydrogens (tertiary/aromatic N) is 1. The van der Waals surface area contributed by atoms with E-state index in [-0.39, 0.29) is 5.43 Å². The van der Waals surface area contributed by atoms with Gasteiger partial charge in [-0.3, -0.25) is 4.79 Å². The average Bonchev–Trinajstić information content (AvgIpc) is 2.73. The molecule has 0 radical (unpaired) electrons. The van der Waals surface area contributed by atoms with Gasteiger partial charge in [-0.15, -0.1) is 11.3 Å². The van der Waals surface area contributed by atoms with E-state index in [1.165, 1.54) is 23.5 Å². The third-order valence-corrected chi connectivity index (χ3v) is 5.95. The highest BCUT2D eigenvalue weighted by Crippen LogP contribution is 2.34. The van der Waals surface area contributed by atoms with Gasteiger partial charge in [-0.2, -0.15) is 0 Å². The van der Waals surface area contributed by atoms with Crippen molar-refractivity contribution in [1.29, 1.82) is 0 Å². The Kier molecular flexibility index (Phi) is 4.02. The second-order valence-electron chi connectivity index (χ2n) is 6.59. The van der Waals surface area contributed by atoms with E-state index in [4.69, 9.17) is 4.98 Å². The molecule has 0 fully saturated rings. The van der Waals surface area contributed by atoms with Crippen LogP contribution in [0.2, 0.25) is 0 Å². The van der Waals surface area contributed by atoms with Crippen molar-refractivity contribution in [3.8, 4) is 0 Å². The number of hydrogen-bond acceptors (Lipinski definition) is 4. The Labute approximate surface area is 164 Å². The minimum absolute atomic E-state index is 0.162. The molecule has 0 bridgehead atoms. The Bertz CT molecular complexity index is 1400. The first kappa shape index (κ1) is 16.8. The summed E-state index contributed by atoms with van der Waals surface area (Å²) in [5, 5.41) is 5.17. The van der Waals surface area contributed by atoms with Crippen LogP contribution in [0, 0.1) is 5.82 Å². The molecule has 1 N–H and O–H groups in total. The molecule has 0 aliphatic rings. The first-order chi connectivity index (χ1) is 13.7. The number of para-hydroxylation sites is 1. The van der Waals surface area contributed by atoms with Crippen LogP contribution in [0.25, 0.3) is 31.1 Å². The van der Waals surface area contributed by atoms with Gasteiger partial charge in [0.2, 0.25) is 0 Å². The largest absolute Gasteiger partial charge is 0.365 e. The zero-order chi connectivity index (χ0) is 19.1.